The molecule has 9 nitrogen and oxygen atoms in total. The van der Waals surface area contributed by atoms with Crippen LogP contribution >= 0.6 is 0 Å². The van der Waals surface area contributed by atoms with Crippen LogP contribution in [-0.4, -0.2) is 42.2 Å². The van der Waals surface area contributed by atoms with Gasteiger partial charge in [0, 0.05) is 18.7 Å². The molecular formula is C10H12N2O7S. The molecule has 0 radical (unpaired) electrons. The molecule has 0 unspecified atom stereocenters. The molecule has 20 heavy (non-hydrogen) atoms. The minimum absolute atomic E-state index is 0.136. The molecule has 0 aliphatic heterocycles. The minimum Gasteiger partial charge on any atom is -0.479 e. The fourth-order valence-corrected chi connectivity index (χ4v) is 2.67. The Morgan fingerprint density at radius 1 is 1.50 bits per heavy atom. The number of nitro benzene ring substituents is 1. The number of benzene rings is 1. The van der Waals surface area contributed by atoms with Gasteiger partial charge >= 0.3 is 5.97 Å². The van der Waals surface area contributed by atoms with Crippen LogP contribution in [0.1, 0.15) is 5.56 Å². The van der Waals surface area contributed by atoms with E-state index in [9.17, 15) is 23.3 Å². The standard InChI is InChI=1S/C10H12N2O7S/c1-6-4-7(12(16)17)2-3-9(6)20(18,19)11-5-8(13)10(14)15/h2-4,8,11,13H,5H2,1H3,(H,14,15)/t8-/m0/s1. The van der Waals surface area contributed by atoms with Crippen LogP contribution in [-0.2, 0) is 14.8 Å². The van der Waals surface area contributed by atoms with Crippen molar-refractivity contribution in [3.8, 4) is 0 Å². The van der Waals surface area contributed by atoms with Crippen molar-refractivity contribution in [3.05, 3.63) is 33.9 Å². The van der Waals surface area contributed by atoms with E-state index in [0.29, 0.717) is 0 Å². The maximum Gasteiger partial charge on any atom is 0.333 e. The molecule has 0 aliphatic rings. The number of nitro groups is 1. The average Bonchev–Trinajstić information content (AvgIpc) is 2.35. The highest BCUT2D eigenvalue weighted by molar-refractivity contribution is 7.89. The van der Waals surface area contributed by atoms with E-state index in [1.807, 2.05) is 4.72 Å². The number of nitrogens with one attached hydrogen (secondary N) is 1. The number of sulfonamides is 1. The molecule has 1 atom stereocenters. The summed E-state index contributed by atoms with van der Waals surface area (Å²) in [6, 6.07) is 3.15. The van der Waals surface area contributed by atoms with Gasteiger partial charge in [-0.05, 0) is 18.6 Å². The zero-order valence-corrected chi connectivity index (χ0v) is 11.1. The van der Waals surface area contributed by atoms with E-state index in [0.717, 1.165) is 18.2 Å². The van der Waals surface area contributed by atoms with Crippen LogP contribution in [0, 0.1) is 17.0 Å². The third kappa shape index (κ3) is 3.73. The van der Waals surface area contributed by atoms with Crippen molar-refractivity contribution in [2.45, 2.75) is 17.9 Å². The fraction of sp³-hybridized carbons (Fsp3) is 0.300. The lowest BCUT2D eigenvalue weighted by atomic mass is 10.2. The van der Waals surface area contributed by atoms with Crippen molar-refractivity contribution in [3.63, 3.8) is 0 Å². The number of non-ortho nitro benzene ring substituents is 1. The molecule has 0 bridgehead atoms. The molecule has 0 aromatic heterocycles. The Bertz CT molecular complexity index is 641. The summed E-state index contributed by atoms with van der Waals surface area (Å²) in [5.74, 6) is -1.56. The van der Waals surface area contributed by atoms with Gasteiger partial charge in [0.25, 0.3) is 5.69 Å². The number of aryl methyl sites for hydroxylation is 1. The van der Waals surface area contributed by atoms with E-state index >= 15 is 0 Å². The highest BCUT2D eigenvalue weighted by Crippen LogP contribution is 2.20. The lowest BCUT2D eigenvalue weighted by molar-refractivity contribution is -0.385. The number of aliphatic carboxylic acids is 1. The molecule has 0 amide bonds. The number of rotatable bonds is 6. The second-order valence-electron chi connectivity index (χ2n) is 3.91. The largest absolute Gasteiger partial charge is 0.479 e. The second-order valence-corrected chi connectivity index (χ2v) is 5.65. The monoisotopic (exact) mass is 304 g/mol. The lowest BCUT2D eigenvalue weighted by Crippen LogP contribution is -2.36. The Morgan fingerprint density at radius 3 is 2.55 bits per heavy atom. The normalized spacial score (nSPS) is 12.9. The van der Waals surface area contributed by atoms with Gasteiger partial charge in [0.05, 0.1) is 9.82 Å². The highest BCUT2D eigenvalue weighted by atomic mass is 32.2. The molecule has 0 fully saturated rings. The van der Waals surface area contributed by atoms with Crippen LogP contribution in [0.5, 0.6) is 0 Å². The van der Waals surface area contributed by atoms with E-state index in [2.05, 4.69) is 0 Å². The van der Waals surface area contributed by atoms with Gasteiger partial charge < -0.3 is 10.2 Å². The average molecular weight is 304 g/mol. The Kier molecular flexibility index (Phi) is 4.76. The van der Waals surface area contributed by atoms with Crippen LogP contribution in [0.15, 0.2) is 23.1 Å². The van der Waals surface area contributed by atoms with E-state index < -0.39 is 33.6 Å². The van der Waals surface area contributed by atoms with E-state index in [-0.39, 0.29) is 16.1 Å². The van der Waals surface area contributed by atoms with Crippen molar-refractivity contribution in [1.29, 1.82) is 0 Å². The predicted octanol–water partition coefficient (Wildman–Crippen LogP) is -0.373. The molecule has 110 valence electrons. The number of hydrogen-bond acceptors (Lipinski definition) is 6. The molecule has 1 aromatic rings. The second kappa shape index (κ2) is 5.94. The number of carboxylic acids is 1. The third-order valence-electron chi connectivity index (χ3n) is 2.41. The van der Waals surface area contributed by atoms with Gasteiger partial charge in [0.15, 0.2) is 6.10 Å². The van der Waals surface area contributed by atoms with Gasteiger partial charge in [-0.25, -0.2) is 17.9 Å². The van der Waals surface area contributed by atoms with Gasteiger partial charge in [-0.1, -0.05) is 0 Å². The first kappa shape index (κ1) is 16.0. The molecule has 0 spiro atoms. The van der Waals surface area contributed by atoms with Crippen LogP contribution in [0.2, 0.25) is 0 Å². The molecule has 10 heteroatoms. The summed E-state index contributed by atoms with van der Waals surface area (Å²) in [6.45, 7) is 0.670. The maximum atomic E-state index is 11.9. The number of carboxylic acid groups (broad SMARTS) is 1. The number of hydrogen-bond donors (Lipinski definition) is 3. The Morgan fingerprint density at radius 2 is 2.10 bits per heavy atom. The van der Waals surface area contributed by atoms with Crippen LogP contribution in [0.4, 0.5) is 5.69 Å². The van der Waals surface area contributed by atoms with E-state index in [4.69, 9.17) is 10.2 Å². The van der Waals surface area contributed by atoms with E-state index in [1.165, 1.54) is 6.92 Å². The first-order chi connectivity index (χ1) is 9.15. The number of aliphatic hydroxyl groups excluding tert-OH is 1. The van der Waals surface area contributed by atoms with Crippen LogP contribution in [0.25, 0.3) is 0 Å². The van der Waals surface area contributed by atoms with Crippen LogP contribution < -0.4 is 4.72 Å². The molecule has 0 saturated carbocycles. The van der Waals surface area contributed by atoms with Gasteiger partial charge in [-0.3, -0.25) is 10.1 Å². The summed E-state index contributed by atoms with van der Waals surface area (Å²) in [5.41, 5.74) is -0.122. The molecule has 1 rings (SSSR count). The van der Waals surface area contributed by atoms with Crippen molar-refractivity contribution < 1.29 is 28.3 Å². The van der Waals surface area contributed by atoms with Crippen molar-refractivity contribution in [2.75, 3.05) is 6.54 Å². The molecule has 0 heterocycles. The first-order valence-electron chi connectivity index (χ1n) is 5.30. The van der Waals surface area contributed by atoms with Gasteiger partial charge in [-0.15, -0.1) is 0 Å². The maximum absolute atomic E-state index is 11.9. The zero-order chi connectivity index (χ0) is 15.5. The third-order valence-corrected chi connectivity index (χ3v) is 3.99. The Hall–Kier alpha value is -2.04. The summed E-state index contributed by atoms with van der Waals surface area (Å²) in [7, 11) is -4.06. The smallest absolute Gasteiger partial charge is 0.333 e. The zero-order valence-electron chi connectivity index (χ0n) is 10.3. The fourth-order valence-electron chi connectivity index (χ4n) is 1.40. The minimum atomic E-state index is -4.06. The summed E-state index contributed by atoms with van der Waals surface area (Å²) in [5, 5.41) is 28.0. The predicted molar refractivity (Wildman–Crippen MR) is 66.7 cm³/mol. The quantitative estimate of drug-likeness (QED) is 0.479. The number of carbonyl (C=O) groups is 1. The summed E-state index contributed by atoms with van der Waals surface area (Å²) in [6.07, 6.45) is -1.87. The lowest BCUT2D eigenvalue weighted by Gasteiger charge is -2.10. The molecular weight excluding hydrogens is 292 g/mol. The van der Waals surface area contributed by atoms with Gasteiger partial charge in [0.1, 0.15) is 0 Å². The Labute approximate surface area is 114 Å². The summed E-state index contributed by atoms with van der Waals surface area (Å²) < 4.78 is 25.7. The SMILES string of the molecule is Cc1cc([N+](=O)[O-])ccc1S(=O)(=O)NC[C@H](O)C(=O)O. The van der Waals surface area contributed by atoms with E-state index in [1.54, 1.807) is 0 Å². The van der Waals surface area contributed by atoms with Gasteiger partial charge in [-0.2, -0.15) is 0 Å². The highest BCUT2D eigenvalue weighted by Gasteiger charge is 2.22. The Balaban J connectivity index is 2.99. The molecule has 0 aliphatic carbocycles. The summed E-state index contributed by atoms with van der Waals surface area (Å²) >= 11 is 0. The van der Waals surface area contributed by atoms with Crippen molar-refractivity contribution in [1.82, 2.24) is 4.72 Å². The van der Waals surface area contributed by atoms with Crippen molar-refractivity contribution in [2.24, 2.45) is 0 Å². The molecule has 3 N–H and O–H groups in total. The number of nitrogens with zero attached hydrogens (tertiary/aromatic N) is 1. The van der Waals surface area contributed by atoms with Crippen LogP contribution in [0.3, 0.4) is 0 Å². The van der Waals surface area contributed by atoms with Crippen molar-refractivity contribution >= 4 is 21.7 Å². The first-order valence-corrected chi connectivity index (χ1v) is 6.79. The van der Waals surface area contributed by atoms with Gasteiger partial charge in [0.2, 0.25) is 10.0 Å². The topological polar surface area (TPSA) is 147 Å². The molecule has 0 saturated heterocycles. The molecule has 1 aromatic carbocycles. The summed E-state index contributed by atoms with van der Waals surface area (Å²) in [4.78, 5) is 20.0. The number of aliphatic hydroxyl groups is 1.